The van der Waals surface area contributed by atoms with Crippen LogP contribution in [0.3, 0.4) is 0 Å². The van der Waals surface area contributed by atoms with Crippen molar-refractivity contribution in [2.75, 3.05) is 0 Å². The summed E-state index contributed by atoms with van der Waals surface area (Å²) in [5, 5.41) is 0.698. The molecule has 0 saturated carbocycles. The largest absolute Gasteiger partial charge is 0.489 e. The highest BCUT2D eigenvalue weighted by Gasteiger charge is 2.05. The molecule has 0 spiro atoms. The Morgan fingerprint density at radius 3 is 2.63 bits per heavy atom. The predicted molar refractivity (Wildman–Crippen MR) is 77.0 cm³/mol. The van der Waals surface area contributed by atoms with Crippen LogP contribution in [0.1, 0.15) is 28.4 Å². The number of ketones is 1. The molecule has 0 aromatic heterocycles. The second kappa shape index (κ2) is 5.89. The monoisotopic (exact) mass is 274 g/mol. The van der Waals surface area contributed by atoms with Crippen molar-refractivity contribution in [1.29, 1.82) is 0 Å². The summed E-state index contributed by atoms with van der Waals surface area (Å²) >= 11 is 5.91. The number of ether oxygens (including phenoxy) is 1. The molecule has 0 radical (unpaired) electrons. The van der Waals surface area contributed by atoms with Crippen LogP contribution >= 0.6 is 11.6 Å². The van der Waals surface area contributed by atoms with Gasteiger partial charge in [0.2, 0.25) is 0 Å². The molecule has 2 aromatic carbocycles. The lowest BCUT2D eigenvalue weighted by molar-refractivity contribution is 0.101. The molecule has 0 bridgehead atoms. The Morgan fingerprint density at radius 1 is 1.21 bits per heavy atom. The predicted octanol–water partition coefficient (Wildman–Crippen LogP) is 4.43. The number of rotatable bonds is 4. The van der Waals surface area contributed by atoms with Crippen molar-refractivity contribution in [3.8, 4) is 5.75 Å². The Bertz CT molecular complexity index is 605. The van der Waals surface area contributed by atoms with Gasteiger partial charge in [-0.3, -0.25) is 4.79 Å². The molecule has 2 nitrogen and oxygen atoms in total. The molecule has 0 aliphatic rings. The second-order valence-electron chi connectivity index (χ2n) is 4.45. The molecule has 2 rings (SSSR count). The zero-order valence-electron chi connectivity index (χ0n) is 10.9. The molecule has 0 saturated heterocycles. The van der Waals surface area contributed by atoms with Crippen LogP contribution in [0.4, 0.5) is 0 Å². The number of Topliss-reactive ketones (excluding diaryl/α,β-unsaturated/α-hetero) is 1. The van der Waals surface area contributed by atoms with Crippen LogP contribution in [0.15, 0.2) is 42.5 Å². The van der Waals surface area contributed by atoms with Gasteiger partial charge in [0.25, 0.3) is 0 Å². The van der Waals surface area contributed by atoms with Gasteiger partial charge in [-0.25, -0.2) is 0 Å². The normalized spacial score (nSPS) is 10.3. The summed E-state index contributed by atoms with van der Waals surface area (Å²) in [5.74, 6) is 0.821. The van der Waals surface area contributed by atoms with Gasteiger partial charge in [-0.2, -0.15) is 0 Å². The van der Waals surface area contributed by atoms with E-state index in [1.54, 1.807) is 13.0 Å². The van der Waals surface area contributed by atoms with Gasteiger partial charge in [-0.05, 0) is 55.3 Å². The van der Waals surface area contributed by atoms with Gasteiger partial charge in [0.05, 0.1) is 0 Å². The fourth-order valence-electron chi connectivity index (χ4n) is 1.91. The molecule has 0 unspecified atom stereocenters. The maximum absolute atomic E-state index is 11.3. The average molecular weight is 275 g/mol. The number of aryl methyl sites for hydroxylation is 1. The average Bonchev–Trinajstić information content (AvgIpc) is 2.36. The second-order valence-corrected chi connectivity index (χ2v) is 4.89. The molecular weight excluding hydrogens is 260 g/mol. The van der Waals surface area contributed by atoms with E-state index in [-0.39, 0.29) is 5.78 Å². The maximum Gasteiger partial charge on any atom is 0.160 e. The standard InChI is InChI=1S/C16H15ClO2/c1-11-8-15(6-7-16(11)12(2)18)19-10-13-4-3-5-14(17)9-13/h3-9H,10H2,1-2H3. The Balaban J connectivity index is 2.08. The van der Waals surface area contributed by atoms with Gasteiger partial charge in [0.1, 0.15) is 12.4 Å². The highest BCUT2D eigenvalue weighted by atomic mass is 35.5. The van der Waals surface area contributed by atoms with E-state index < -0.39 is 0 Å². The third-order valence-electron chi connectivity index (χ3n) is 2.87. The maximum atomic E-state index is 11.3. The van der Waals surface area contributed by atoms with Gasteiger partial charge < -0.3 is 4.74 Å². The number of hydrogen-bond donors (Lipinski definition) is 0. The smallest absolute Gasteiger partial charge is 0.160 e. The molecule has 3 heteroatoms. The van der Waals surface area contributed by atoms with Crippen molar-refractivity contribution in [2.24, 2.45) is 0 Å². The molecule has 0 atom stereocenters. The van der Waals surface area contributed by atoms with E-state index in [0.29, 0.717) is 11.6 Å². The minimum atomic E-state index is 0.0684. The van der Waals surface area contributed by atoms with Crippen molar-refractivity contribution in [3.63, 3.8) is 0 Å². The fraction of sp³-hybridized carbons (Fsp3) is 0.188. The summed E-state index contributed by atoms with van der Waals surface area (Å²) in [5.41, 5.74) is 2.67. The zero-order chi connectivity index (χ0) is 13.8. The van der Waals surface area contributed by atoms with Crippen LogP contribution in [-0.2, 0) is 6.61 Å². The van der Waals surface area contributed by atoms with Crippen molar-refractivity contribution < 1.29 is 9.53 Å². The molecule has 0 fully saturated rings. The van der Waals surface area contributed by atoms with Crippen LogP contribution in [0.2, 0.25) is 5.02 Å². The summed E-state index contributed by atoms with van der Waals surface area (Å²) in [6.45, 7) is 3.93. The van der Waals surface area contributed by atoms with Crippen molar-refractivity contribution >= 4 is 17.4 Å². The summed E-state index contributed by atoms with van der Waals surface area (Å²) in [6.07, 6.45) is 0. The van der Waals surface area contributed by atoms with Gasteiger partial charge in [-0.1, -0.05) is 23.7 Å². The third kappa shape index (κ3) is 3.58. The molecule has 0 heterocycles. The van der Waals surface area contributed by atoms with E-state index in [1.807, 2.05) is 43.3 Å². The third-order valence-corrected chi connectivity index (χ3v) is 3.11. The Kier molecular flexibility index (Phi) is 4.23. The number of benzene rings is 2. The van der Waals surface area contributed by atoms with Crippen molar-refractivity contribution in [3.05, 3.63) is 64.2 Å². The van der Waals surface area contributed by atoms with Gasteiger partial charge >= 0.3 is 0 Å². The summed E-state index contributed by atoms with van der Waals surface area (Å²) in [6, 6.07) is 13.0. The molecule has 0 aliphatic heterocycles. The first-order chi connectivity index (χ1) is 9.06. The molecular formula is C16H15ClO2. The number of hydrogen-bond acceptors (Lipinski definition) is 2. The number of carbonyl (C=O) groups is 1. The van der Waals surface area contributed by atoms with Gasteiger partial charge in [-0.15, -0.1) is 0 Å². The SMILES string of the molecule is CC(=O)c1ccc(OCc2cccc(Cl)c2)cc1C. The minimum Gasteiger partial charge on any atom is -0.489 e. The van der Waals surface area contributed by atoms with Gasteiger partial charge in [0, 0.05) is 10.6 Å². The fourth-order valence-corrected chi connectivity index (χ4v) is 2.13. The first kappa shape index (κ1) is 13.6. The molecule has 0 amide bonds. The quantitative estimate of drug-likeness (QED) is 0.771. The van der Waals surface area contributed by atoms with Crippen LogP contribution in [0, 0.1) is 6.92 Å². The van der Waals surface area contributed by atoms with E-state index >= 15 is 0 Å². The molecule has 0 N–H and O–H groups in total. The van der Waals surface area contributed by atoms with Crippen LogP contribution in [-0.4, -0.2) is 5.78 Å². The van der Waals surface area contributed by atoms with E-state index in [2.05, 4.69) is 0 Å². The first-order valence-corrected chi connectivity index (χ1v) is 6.43. The summed E-state index contributed by atoms with van der Waals surface area (Å²) in [4.78, 5) is 11.3. The zero-order valence-corrected chi connectivity index (χ0v) is 11.7. The molecule has 2 aromatic rings. The minimum absolute atomic E-state index is 0.0684. The lowest BCUT2D eigenvalue weighted by atomic mass is 10.1. The lowest BCUT2D eigenvalue weighted by Crippen LogP contribution is -1.99. The molecule has 98 valence electrons. The van der Waals surface area contributed by atoms with Crippen molar-refractivity contribution in [1.82, 2.24) is 0 Å². The number of carbonyl (C=O) groups excluding carboxylic acids is 1. The van der Waals surface area contributed by atoms with E-state index in [9.17, 15) is 4.79 Å². The lowest BCUT2D eigenvalue weighted by Gasteiger charge is -2.09. The van der Waals surface area contributed by atoms with E-state index in [0.717, 1.165) is 22.4 Å². The topological polar surface area (TPSA) is 26.3 Å². The summed E-state index contributed by atoms with van der Waals surface area (Å²) < 4.78 is 5.69. The number of halogens is 1. The first-order valence-electron chi connectivity index (χ1n) is 6.05. The summed E-state index contributed by atoms with van der Waals surface area (Å²) in [7, 11) is 0. The molecule has 0 aliphatic carbocycles. The van der Waals surface area contributed by atoms with Crippen LogP contribution in [0.25, 0.3) is 0 Å². The van der Waals surface area contributed by atoms with Crippen molar-refractivity contribution in [2.45, 2.75) is 20.5 Å². The van der Waals surface area contributed by atoms with E-state index in [1.165, 1.54) is 0 Å². The highest BCUT2D eigenvalue weighted by Crippen LogP contribution is 2.19. The Labute approximate surface area is 118 Å². The van der Waals surface area contributed by atoms with Gasteiger partial charge in [0.15, 0.2) is 5.78 Å². The van der Waals surface area contributed by atoms with E-state index in [4.69, 9.17) is 16.3 Å². The Morgan fingerprint density at radius 2 is 2.00 bits per heavy atom. The molecule has 19 heavy (non-hydrogen) atoms. The van der Waals surface area contributed by atoms with Crippen LogP contribution in [0.5, 0.6) is 5.75 Å². The van der Waals surface area contributed by atoms with Crippen LogP contribution < -0.4 is 4.74 Å². The highest BCUT2D eigenvalue weighted by molar-refractivity contribution is 6.30. The Hall–Kier alpha value is -1.80.